The first kappa shape index (κ1) is 11.5. The van der Waals surface area contributed by atoms with Gasteiger partial charge in [-0.2, -0.15) is 0 Å². The number of nitrogens with zero attached hydrogens (tertiary/aromatic N) is 1. The minimum atomic E-state index is -2.71. The third-order valence-corrected chi connectivity index (χ3v) is 2.47. The zero-order valence-corrected chi connectivity index (χ0v) is 9.15. The first-order valence-corrected chi connectivity index (χ1v) is 4.91. The SMILES string of the molecule is O=Cc1c(C(F)F)cc(CCl)nc1Br. The van der Waals surface area contributed by atoms with Crippen LogP contribution in [0.25, 0.3) is 0 Å². The lowest BCUT2D eigenvalue weighted by Crippen LogP contribution is -2.00. The number of hydrogen-bond donors (Lipinski definition) is 0. The van der Waals surface area contributed by atoms with E-state index in [-0.39, 0.29) is 21.6 Å². The molecule has 1 heterocycles. The Morgan fingerprint density at radius 2 is 2.29 bits per heavy atom. The highest BCUT2D eigenvalue weighted by Crippen LogP contribution is 2.27. The molecule has 0 aliphatic rings. The molecule has 0 saturated carbocycles. The molecule has 0 saturated heterocycles. The van der Waals surface area contributed by atoms with Gasteiger partial charge in [0, 0.05) is 5.56 Å². The Kier molecular flexibility index (Phi) is 3.95. The van der Waals surface area contributed by atoms with Crippen molar-refractivity contribution in [2.24, 2.45) is 0 Å². The molecular formula is C8H5BrClF2NO. The smallest absolute Gasteiger partial charge is 0.264 e. The third kappa shape index (κ3) is 2.27. The number of halogens is 4. The fourth-order valence-electron chi connectivity index (χ4n) is 0.961. The van der Waals surface area contributed by atoms with Crippen LogP contribution in [-0.4, -0.2) is 11.3 Å². The molecule has 0 aliphatic heterocycles. The molecule has 0 unspecified atom stereocenters. The van der Waals surface area contributed by atoms with Gasteiger partial charge in [-0.1, -0.05) is 0 Å². The molecule has 0 aliphatic carbocycles. The van der Waals surface area contributed by atoms with Gasteiger partial charge in [-0.05, 0) is 22.0 Å². The van der Waals surface area contributed by atoms with Crippen molar-refractivity contribution in [2.45, 2.75) is 12.3 Å². The highest BCUT2D eigenvalue weighted by atomic mass is 79.9. The molecule has 2 nitrogen and oxygen atoms in total. The molecule has 0 fully saturated rings. The number of pyridine rings is 1. The number of aromatic nitrogens is 1. The van der Waals surface area contributed by atoms with Gasteiger partial charge < -0.3 is 0 Å². The third-order valence-electron chi connectivity index (χ3n) is 1.59. The maximum absolute atomic E-state index is 12.5. The molecule has 14 heavy (non-hydrogen) atoms. The molecule has 1 aromatic heterocycles. The van der Waals surface area contributed by atoms with E-state index in [9.17, 15) is 13.6 Å². The van der Waals surface area contributed by atoms with Crippen LogP contribution in [-0.2, 0) is 5.88 Å². The highest BCUT2D eigenvalue weighted by molar-refractivity contribution is 9.10. The summed E-state index contributed by atoms with van der Waals surface area (Å²) in [4.78, 5) is 14.3. The summed E-state index contributed by atoms with van der Waals surface area (Å²) in [5.74, 6) is 0.0253. The van der Waals surface area contributed by atoms with Gasteiger partial charge in [0.1, 0.15) is 4.60 Å². The van der Waals surface area contributed by atoms with E-state index in [4.69, 9.17) is 11.6 Å². The molecule has 1 rings (SSSR count). The van der Waals surface area contributed by atoms with Crippen LogP contribution in [0.15, 0.2) is 10.7 Å². The van der Waals surface area contributed by atoms with Crippen molar-refractivity contribution >= 4 is 33.8 Å². The minimum absolute atomic E-state index is 0.0253. The predicted molar refractivity (Wildman–Crippen MR) is 51.8 cm³/mol. The van der Waals surface area contributed by atoms with Crippen molar-refractivity contribution in [1.82, 2.24) is 4.98 Å². The zero-order chi connectivity index (χ0) is 10.7. The Morgan fingerprint density at radius 1 is 1.64 bits per heavy atom. The largest absolute Gasteiger partial charge is 0.298 e. The van der Waals surface area contributed by atoms with Crippen LogP contribution in [0.1, 0.15) is 28.0 Å². The van der Waals surface area contributed by atoms with Crippen LogP contribution < -0.4 is 0 Å². The Morgan fingerprint density at radius 3 is 2.71 bits per heavy atom. The Hall–Kier alpha value is -0.550. The second-order valence-electron chi connectivity index (χ2n) is 2.46. The van der Waals surface area contributed by atoms with Crippen LogP contribution in [0.5, 0.6) is 0 Å². The summed E-state index contributed by atoms with van der Waals surface area (Å²) < 4.78 is 25.0. The second kappa shape index (κ2) is 4.79. The van der Waals surface area contributed by atoms with Crippen LogP contribution in [0.4, 0.5) is 8.78 Å². The lowest BCUT2D eigenvalue weighted by atomic mass is 10.1. The average molecular weight is 284 g/mol. The van der Waals surface area contributed by atoms with E-state index in [0.717, 1.165) is 6.07 Å². The average Bonchev–Trinajstić information content (AvgIpc) is 2.16. The monoisotopic (exact) mass is 283 g/mol. The number of rotatable bonds is 3. The summed E-state index contributed by atoms with van der Waals surface area (Å²) in [6.45, 7) is 0. The molecular weight excluding hydrogens is 279 g/mol. The number of alkyl halides is 3. The molecule has 0 atom stereocenters. The molecule has 1 aromatic rings. The standard InChI is InChI=1S/C8H5BrClF2NO/c9-7-6(3-14)5(8(11)12)1-4(2-10)13-7/h1,3,8H,2H2. The number of hydrogen-bond acceptors (Lipinski definition) is 2. The minimum Gasteiger partial charge on any atom is -0.298 e. The first-order chi connectivity index (χ1) is 6.60. The van der Waals surface area contributed by atoms with E-state index in [1.165, 1.54) is 0 Å². The Balaban J connectivity index is 3.35. The topological polar surface area (TPSA) is 30.0 Å². The van der Waals surface area contributed by atoms with Crippen LogP contribution in [0, 0.1) is 0 Å². The molecule has 0 bridgehead atoms. The number of aldehydes is 1. The maximum atomic E-state index is 12.5. The van der Waals surface area contributed by atoms with E-state index in [1.54, 1.807) is 0 Å². The summed E-state index contributed by atoms with van der Waals surface area (Å²) >= 11 is 8.39. The maximum Gasteiger partial charge on any atom is 0.264 e. The molecule has 6 heteroatoms. The van der Waals surface area contributed by atoms with Crippen molar-refractivity contribution in [1.29, 1.82) is 0 Å². The molecule has 0 spiro atoms. The number of carbonyl (C=O) groups is 1. The van der Waals surface area contributed by atoms with Gasteiger partial charge in [0.2, 0.25) is 0 Å². The van der Waals surface area contributed by atoms with E-state index < -0.39 is 6.43 Å². The fourth-order valence-corrected chi connectivity index (χ4v) is 1.65. The van der Waals surface area contributed by atoms with Gasteiger partial charge in [-0.3, -0.25) is 4.79 Å². The second-order valence-corrected chi connectivity index (χ2v) is 3.48. The first-order valence-electron chi connectivity index (χ1n) is 3.58. The fraction of sp³-hybridized carbons (Fsp3) is 0.250. The summed E-state index contributed by atoms with van der Waals surface area (Å²) in [5.41, 5.74) is -0.175. The summed E-state index contributed by atoms with van der Waals surface area (Å²) in [6, 6.07) is 1.13. The van der Waals surface area contributed by atoms with Gasteiger partial charge in [-0.25, -0.2) is 13.8 Å². The normalized spacial score (nSPS) is 10.6. The quantitative estimate of drug-likeness (QED) is 0.484. The predicted octanol–water partition coefficient (Wildman–Crippen LogP) is 3.33. The van der Waals surface area contributed by atoms with Crippen LogP contribution in [0.2, 0.25) is 0 Å². The van der Waals surface area contributed by atoms with Gasteiger partial charge in [0.05, 0.1) is 17.1 Å². The van der Waals surface area contributed by atoms with Gasteiger partial charge in [0.15, 0.2) is 6.29 Å². The van der Waals surface area contributed by atoms with Crippen molar-refractivity contribution in [2.75, 3.05) is 0 Å². The Labute approximate surface area is 92.4 Å². The summed E-state index contributed by atoms with van der Waals surface area (Å²) in [6.07, 6.45) is -2.37. The van der Waals surface area contributed by atoms with Gasteiger partial charge in [0.25, 0.3) is 6.43 Å². The van der Waals surface area contributed by atoms with E-state index >= 15 is 0 Å². The van der Waals surface area contributed by atoms with E-state index in [1.807, 2.05) is 0 Å². The van der Waals surface area contributed by atoms with Crippen LogP contribution >= 0.6 is 27.5 Å². The molecule has 0 aromatic carbocycles. The van der Waals surface area contributed by atoms with E-state index in [0.29, 0.717) is 12.0 Å². The lowest BCUT2D eigenvalue weighted by Gasteiger charge is -2.06. The van der Waals surface area contributed by atoms with Crippen molar-refractivity contribution in [3.8, 4) is 0 Å². The van der Waals surface area contributed by atoms with Crippen molar-refractivity contribution < 1.29 is 13.6 Å². The highest BCUT2D eigenvalue weighted by Gasteiger charge is 2.17. The molecule has 76 valence electrons. The summed E-state index contributed by atoms with van der Waals surface area (Å²) in [5, 5.41) is 0. The Bertz CT molecular complexity index is 359. The zero-order valence-electron chi connectivity index (χ0n) is 6.81. The number of carbonyl (C=O) groups excluding carboxylic acids is 1. The van der Waals surface area contributed by atoms with Gasteiger partial charge >= 0.3 is 0 Å². The van der Waals surface area contributed by atoms with Crippen molar-refractivity contribution in [3.05, 3.63) is 27.5 Å². The van der Waals surface area contributed by atoms with E-state index in [2.05, 4.69) is 20.9 Å². The van der Waals surface area contributed by atoms with Gasteiger partial charge in [-0.15, -0.1) is 11.6 Å². The lowest BCUT2D eigenvalue weighted by molar-refractivity contribution is 0.110. The molecule has 0 radical (unpaired) electrons. The molecule has 0 amide bonds. The van der Waals surface area contributed by atoms with Crippen molar-refractivity contribution in [3.63, 3.8) is 0 Å². The summed E-state index contributed by atoms with van der Waals surface area (Å²) in [7, 11) is 0. The van der Waals surface area contributed by atoms with Crippen LogP contribution in [0.3, 0.4) is 0 Å². The molecule has 0 N–H and O–H groups in total.